The summed E-state index contributed by atoms with van der Waals surface area (Å²) in [7, 11) is 0. The zero-order valence-corrected chi connectivity index (χ0v) is 24.8. The highest BCUT2D eigenvalue weighted by molar-refractivity contribution is 6.31. The van der Waals surface area contributed by atoms with Gasteiger partial charge in [-0.2, -0.15) is 0 Å². The van der Waals surface area contributed by atoms with Crippen molar-refractivity contribution in [2.75, 3.05) is 44.2 Å². The van der Waals surface area contributed by atoms with Crippen LogP contribution in [0.5, 0.6) is 0 Å². The lowest BCUT2D eigenvalue weighted by Crippen LogP contribution is -2.58. The van der Waals surface area contributed by atoms with E-state index in [1.807, 2.05) is 36.1 Å². The fourth-order valence-electron chi connectivity index (χ4n) is 6.62. The van der Waals surface area contributed by atoms with Crippen molar-refractivity contribution < 1.29 is 9.59 Å². The zero-order chi connectivity index (χ0) is 27.9. The Kier molecular flexibility index (Phi) is 10.2. The predicted molar refractivity (Wildman–Crippen MR) is 162 cm³/mol. The van der Waals surface area contributed by atoms with Crippen molar-refractivity contribution in [2.24, 2.45) is 5.92 Å². The highest BCUT2D eigenvalue weighted by Crippen LogP contribution is 2.32. The quantitative estimate of drug-likeness (QED) is 0.433. The number of likely N-dealkylation sites (tertiary alicyclic amines) is 1. The van der Waals surface area contributed by atoms with Gasteiger partial charge in [-0.25, -0.2) is 0 Å². The SMILES string of the molecule is CCCC(=O)N1CCCN(Cc2ccccc2)CCN(C(=O)C2CN(C3CCCCC3)C2)Cc2ccc(Cl)cc21. The standard InChI is InChI=1S/C33H45ClN4O2/c1-2-10-32(39)38-18-9-17-35(22-26-11-5-3-6-12-26)19-20-36(23-27-15-16-29(34)21-31(27)38)33(40)28-24-37(25-28)30-13-7-4-8-14-30/h3,5-6,11-12,15-16,21,28,30H,2,4,7-10,13-14,17-20,22-25H2,1H3. The van der Waals surface area contributed by atoms with Crippen LogP contribution in [0.1, 0.15) is 69.4 Å². The second kappa shape index (κ2) is 14.0. The molecule has 0 radical (unpaired) electrons. The Balaban J connectivity index is 1.38. The molecule has 7 heteroatoms. The van der Waals surface area contributed by atoms with E-state index in [-0.39, 0.29) is 17.7 Å². The number of carbonyl (C=O) groups excluding carboxylic acids is 2. The summed E-state index contributed by atoms with van der Waals surface area (Å²) >= 11 is 6.48. The van der Waals surface area contributed by atoms with Crippen molar-refractivity contribution in [3.8, 4) is 0 Å². The molecule has 5 rings (SSSR count). The molecule has 3 aliphatic rings. The molecule has 6 nitrogen and oxygen atoms in total. The van der Waals surface area contributed by atoms with Gasteiger partial charge in [0.1, 0.15) is 0 Å². The number of rotatable bonds is 6. The molecular weight excluding hydrogens is 520 g/mol. The first-order valence-corrected chi connectivity index (χ1v) is 15.8. The molecule has 0 bridgehead atoms. The average Bonchev–Trinajstić information content (AvgIpc) is 2.97. The Bertz CT molecular complexity index is 1130. The summed E-state index contributed by atoms with van der Waals surface area (Å²) in [5.74, 6) is 0.432. The van der Waals surface area contributed by atoms with Gasteiger partial charge in [0.05, 0.1) is 11.6 Å². The van der Waals surface area contributed by atoms with Gasteiger partial charge in [0.2, 0.25) is 11.8 Å². The molecule has 0 N–H and O–H groups in total. The van der Waals surface area contributed by atoms with Gasteiger partial charge in [0.15, 0.2) is 0 Å². The van der Waals surface area contributed by atoms with E-state index in [0.717, 1.165) is 56.8 Å². The zero-order valence-electron chi connectivity index (χ0n) is 24.1. The largest absolute Gasteiger partial charge is 0.337 e. The molecule has 2 aromatic rings. The highest BCUT2D eigenvalue weighted by atomic mass is 35.5. The minimum atomic E-state index is 0.0585. The Hall–Kier alpha value is -2.41. The van der Waals surface area contributed by atoms with E-state index >= 15 is 0 Å². The number of fused-ring (bicyclic) bond motifs is 1. The fourth-order valence-corrected chi connectivity index (χ4v) is 6.79. The summed E-state index contributed by atoms with van der Waals surface area (Å²) in [5, 5.41) is 0.619. The number of carbonyl (C=O) groups is 2. The maximum Gasteiger partial charge on any atom is 0.228 e. The fraction of sp³-hybridized carbons (Fsp3) is 0.576. The van der Waals surface area contributed by atoms with Crippen LogP contribution in [0, 0.1) is 5.92 Å². The first-order chi connectivity index (χ1) is 19.5. The Labute approximate surface area is 245 Å². The summed E-state index contributed by atoms with van der Waals surface area (Å²) in [6.45, 7) is 8.13. The lowest BCUT2D eigenvalue weighted by atomic mass is 9.88. The van der Waals surface area contributed by atoms with Gasteiger partial charge < -0.3 is 9.80 Å². The van der Waals surface area contributed by atoms with Crippen LogP contribution >= 0.6 is 11.6 Å². The minimum absolute atomic E-state index is 0.0585. The lowest BCUT2D eigenvalue weighted by molar-refractivity contribution is -0.143. The number of halogens is 1. The van der Waals surface area contributed by atoms with Crippen LogP contribution in [0.4, 0.5) is 5.69 Å². The monoisotopic (exact) mass is 564 g/mol. The normalized spacial score (nSPS) is 20.4. The smallest absolute Gasteiger partial charge is 0.228 e. The van der Waals surface area contributed by atoms with E-state index in [0.29, 0.717) is 37.1 Å². The molecule has 40 heavy (non-hydrogen) atoms. The molecule has 0 aromatic heterocycles. The number of nitrogens with zero attached hydrogens (tertiary/aromatic N) is 4. The van der Waals surface area contributed by atoms with E-state index in [1.54, 1.807) is 0 Å². The van der Waals surface area contributed by atoms with Gasteiger partial charge in [-0.15, -0.1) is 0 Å². The summed E-state index contributed by atoms with van der Waals surface area (Å²) in [5.41, 5.74) is 3.13. The molecule has 2 aliphatic heterocycles. The first-order valence-electron chi connectivity index (χ1n) is 15.4. The number of amides is 2. The van der Waals surface area contributed by atoms with Gasteiger partial charge in [-0.05, 0) is 48.9 Å². The van der Waals surface area contributed by atoms with Crippen LogP contribution in [-0.2, 0) is 22.7 Å². The van der Waals surface area contributed by atoms with Gasteiger partial charge in [0, 0.05) is 69.8 Å². The van der Waals surface area contributed by atoms with Gasteiger partial charge in [-0.1, -0.05) is 74.2 Å². The number of hydrogen-bond donors (Lipinski definition) is 0. The summed E-state index contributed by atoms with van der Waals surface area (Å²) in [4.78, 5) is 36.3. The molecule has 2 amide bonds. The van der Waals surface area contributed by atoms with Gasteiger partial charge >= 0.3 is 0 Å². The highest BCUT2D eigenvalue weighted by Gasteiger charge is 2.39. The van der Waals surface area contributed by atoms with Gasteiger partial charge in [-0.3, -0.25) is 19.4 Å². The predicted octanol–water partition coefficient (Wildman–Crippen LogP) is 5.97. The van der Waals surface area contributed by atoms with E-state index in [1.165, 1.54) is 37.7 Å². The molecule has 1 saturated carbocycles. The molecule has 1 aliphatic carbocycles. The molecule has 2 aromatic carbocycles. The van der Waals surface area contributed by atoms with Crippen molar-refractivity contribution in [3.05, 3.63) is 64.7 Å². The Morgan fingerprint density at radius 3 is 2.42 bits per heavy atom. The Morgan fingerprint density at radius 2 is 1.68 bits per heavy atom. The van der Waals surface area contributed by atoms with Crippen molar-refractivity contribution in [1.29, 1.82) is 0 Å². The first kappa shape index (κ1) is 29.1. The van der Waals surface area contributed by atoms with Crippen LogP contribution in [-0.4, -0.2) is 71.8 Å². The molecule has 2 fully saturated rings. The van der Waals surface area contributed by atoms with E-state index < -0.39 is 0 Å². The third-order valence-electron chi connectivity index (χ3n) is 8.92. The van der Waals surface area contributed by atoms with Crippen LogP contribution < -0.4 is 4.90 Å². The van der Waals surface area contributed by atoms with Crippen LogP contribution in [0.3, 0.4) is 0 Å². The number of anilines is 1. The lowest BCUT2D eigenvalue weighted by Gasteiger charge is -2.46. The molecule has 2 heterocycles. The van der Waals surface area contributed by atoms with Crippen LogP contribution in [0.2, 0.25) is 5.02 Å². The third-order valence-corrected chi connectivity index (χ3v) is 9.15. The third kappa shape index (κ3) is 7.26. The van der Waals surface area contributed by atoms with E-state index in [9.17, 15) is 9.59 Å². The maximum absolute atomic E-state index is 14.0. The van der Waals surface area contributed by atoms with Crippen molar-refractivity contribution >= 4 is 29.1 Å². The van der Waals surface area contributed by atoms with Crippen molar-refractivity contribution in [1.82, 2.24) is 14.7 Å². The van der Waals surface area contributed by atoms with Crippen molar-refractivity contribution in [2.45, 2.75) is 77.4 Å². The molecule has 0 atom stereocenters. The number of benzene rings is 2. The molecular formula is C33H45ClN4O2. The molecule has 0 unspecified atom stereocenters. The topological polar surface area (TPSA) is 47.1 Å². The summed E-state index contributed by atoms with van der Waals surface area (Å²) in [6, 6.07) is 17.0. The molecule has 0 spiro atoms. The van der Waals surface area contributed by atoms with Crippen LogP contribution in [0.15, 0.2) is 48.5 Å². The average molecular weight is 565 g/mol. The van der Waals surface area contributed by atoms with E-state index in [2.05, 4.69) is 39.0 Å². The maximum atomic E-state index is 14.0. The summed E-state index contributed by atoms with van der Waals surface area (Å²) < 4.78 is 0. The second-order valence-corrected chi connectivity index (χ2v) is 12.3. The second-order valence-electron chi connectivity index (χ2n) is 11.9. The molecule has 1 saturated heterocycles. The minimum Gasteiger partial charge on any atom is -0.337 e. The van der Waals surface area contributed by atoms with Crippen molar-refractivity contribution in [3.63, 3.8) is 0 Å². The van der Waals surface area contributed by atoms with E-state index in [4.69, 9.17) is 11.6 Å². The number of hydrogen-bond acceptors (Lipinski definition) is 4. The Morgan fingerprint density at radius 1 is 0.900 bits per heavy atom. The molecule has 216 valence electrons. The summed E-state index contributed by atoms with van der Waals surface area (Å²) in [6.07, 6.45) is 8.69. The van der Waals surface area contributed by atoms with Gasteiger partial charge in [0.25, 0.3) is 0 Å². The van der Waals surface area contributed by atoms with Crippen LogP contribution in [0.25, 0.3) is 0 Å².